The van der Waals surface area contributed by atoms with Gasteiger partial charge in [-0.15, -0.1) is 35.3 Å². The molecule has 0 heterocycles. The highest BCUT2D eigenvalue weighted by atomic mass is 32.3. The molecule has 0 saturated heterocycles. The van der Waals surface area contributed by atoms with Crippen LogP contribution in [0.25, 0.3) is 0 Å². The molecule has 3 aromatic rings. The molecule has 3 rings (SSSR count). The van der Waals surface area contributed by atoms with Crippen LogP contribution in [0.1, 0.15) is 62.1 Å². The molecule has 38 heavy (non-hydrogen) atoms. The van der Waals surface area contributed by atoms with Crippen molar-refractivity contribution >= 4 is 45.4 Å². The zero-order chi connectivity index (χ0) is 26.9. The second-order valence-corrected chi connectivity index (χ2v) is 15.5. The lowest BCUT2D eigenvalue weighted by atomic mass is 10.1. The van der Waals surface area contributed by atoms with Gasteiger partial charge in [-0.1, -0.05) is 130 Å². The molecule has 0 unspecified atom stereocenters. The van der Waals surface area contributed by atoms with E-state index in [2.05, 4.69) is 43.3 Å². The molecule has 7 heteroatoms. The highest BCUT2D eigenvalue weighted by Gasteiger charge is 2.38. The number of benzene rings is 3. The fourth-order valence-electron chi connectivity index (χ4n) is 3.88. The molecule has 0 bridgehead atoms. The lowest BCUT2D eigenvalue weighted by Crippen LogP contribution is -2.29. The fourth-order valence-corrected chi connectivity index (χ4v) is 10.9. The van der Waals surface area contributed by atoms with Crippen molar-refractivity contribution in [3.63, 3.8) is 0 Å². The molecular weight excluding hydrogens is 549 g/mol. The van der Waals surface area contributed by atoms with Gasteiger partial charge in [0, 0.05) is 17.3 Å². The maximum Gasteiger partial charge on any atom is 0.270 e. The lowest BCUT2D eigenvalue weighted by Gasteiger charge is -2.32. The van der Waals surface area contributed by atoms with Crippen molar-refractivity contribution in [1.82, 2.24) is 0 Å². The first kappa shape index (κ1) is 31.2. The topological polar surface area (TPSA) is 43.4 Å². The highest BCUT2D eigenvalue weighted by molar-refractivity contribution is 8.33. The van der Waals surface area contributed by atoms with Crippen molar-refractivity contribution in [3.8, 4) is 0 Å². The summed E-state index contributed by atoms with van der Waals surface area (Å²) in [5.41, 5.74) is 3.56. The maximum atomic E-state index is 13.4. The molecule has 0 aliphatic rings. The summed E-state index contributed by atoms with van der Waals surface area (Å²) in [7, 11) is -3.71. The van der Waals surface area contributed by atoms with Gasteiger partial charge in [-0.05, 0) is 23.1 Å². The van der Waals surface area contributed by atoms with Gasteiger partial charge in [0.2, 0.25) is 0 Å². The van der Waals surface area contributed by atoms with Crippen molar-refractivity contribution < 1.29 is 12.6 Å². The minimum atomic E-state index is -3.71. The maximum absolute atomic E-state index is 13.4. The van der Waals surface area contributed by atoms with Gasteiger partial charge >= 0.3 is 0 Å². The first-order valence-electron chi connectivity index (χ1n) is 13.4. The Bertz CT molecular complexity index is 1020. The summed E-state index contributed by atoms with van der Waals surface area (Å²) < 4.78 is 31.7. The van der Waals surface area contributed by atoms with Crippen LogP contribution >= 0.6 is 35.3 Å². The summed E-state index contributed by atoms with van der Waals surface area (Å²) in [5.74, 6) is 2.16. The van der Waals surface area contributed by atoms with Gasteiger partial charge in [-0.2, -0.15) is 8.42 Å². The monoisotopic (exact) mass is 588 g/mol. The third kappa shape index (κ3) is 12.2. The number of rotatable bonds is 19. The van der Waals surface area contributed by atoms with Gasteiger partial charge in [-0.3, -0.25) is 4.18 Å². The van der Waals surface area contributed by atoms with Crippen LogP contribution in [-0.2, 0) is 31.6 Å². The Morgan fingerprint density at radius 1 is 0.605 bits per heavy atom. The van der Waals surface area contributed by atoms with E-state index in [1.54, 1.807) is 35.3 Å². The predicted octanol–water partition coefficient (Wildman–Crippen LogP) is 9.15. The van der Waals surface area contributed by atoms with Crippen LogP contribution in [0.15, 0.2) is 91.0 Å². The fraction of sp³-hybridized carbons (Fsp3) is 0.419. The van der Waals surface area contributed by atoms with Crippen LogP contribution < -0.4 is 0 Å². The molecule has 0 aliphatic carbocycles. The van der Waals surface area contributed by atoms with Crippen LogP contribution in [0.5, 0.6) is 0 Å². The molecule has 206 valence electrons. The zero-order valence-corrected chi connectivity index (χ0v) is 25.6. The van der Waals surface area contributed by atoms with Crippen molar-refractivity contribution in [2.24, 2.45) is 0 Å². The van der Waals surface area contributed by atoms with Crippen molar-refractivity contribution in [2.75, 3.05) is 12.4 Å². The van der Waals surface area contributed by atoms with Crippen molar-refractivity contribution in [3.05, 3.63) is 108 Å². The molecule has 0 radical (unpaired) electrons. The predicted molar refractivity (Wildman–Crippen MR) is 169 cm³/mol. The number of hydrogen-bond donors (Lipinski definition) is 0. The Hall–Kier alpha value is -1.38. The minimum absolute atomic E-state index is 0.0393. The standard InChI is InChI=1S/C31H40O3S4/c1-2-3-4-5-6-16-23-34-38(32,33)27-31(35-24-28-17-10-7-11-18-28,36-25-29-19-12-8-13-20-29)37-26-30-21-14-9-15-22-30/h7-15,17-22H,2-6,16,23-27H2,1H3. The van der Waals surface area contributed by atoms with Gasteiger partial charge < -0.3 is 0 Å². The molecule has 3 nitrogen and oxygen atoms in total. The molecule has 0 fully saturated rings. The van der Waals surface area contributed by atoms with Gasteiger partial charge in [0.05, 0.1) is 6.61 Å². The molecule has 0 atom stereocenters. The Morgan fingerprint density at radius 3 is 1.42 bits per heavy atom. The molecule has 0 amide bonds. The summed E-state index contributed by atoms with van der Waals surface area (Å²) in [6.45, 7) is 2.46. The van der Waals surface area contributed by atoms with E-state index in [4.69, 9.17) is 4.18 Å². The lowest BCUT2D eigenvalue weighted by molar-refractivity contribution is 0.306. The summed E-state index contributed by atoms with van der Waals surface area (Å²) in [4.78, 5) is 0. The number of thioether (sulfide) groups is 3. The van der Waals surface area contributed by atoms with E-state index in [1.165, 1.54) is 36.0 Å². The van der Waals surface area contributed by atoms with E-state index in [-0.39, 0.29) is 12.4 Å². The summed E-state index contributed by atoms with van der Waals surface area (Å²) >= 11 is 5.12. The van der Waals surface area contributed by atoms with E-state index in [0.29, 0.717) is 0 Å². The third-order valence-corrected chi connectivity index (χ3v) is 13.2. The Morgan fingerprint density at radius 2 is 1.00 bits per heavy atom. The van der Waals surface area contributed by atoms with E-state index in [1.807, 2.05) is 54.6 Å². The summed E-state index contributed by atoms with van der Waals surface area (Å²) in [5, 5.41) is 0. The third-order valence-electron chi connectivity index (χ3n) is 6.02. The van der Waals surface area contributed by atoms with Crippen molar-refractivity contribution in [1.29, 1.82) is 0 Å². The Labute approximate surface area is 243 Å². The van der Waals surface area contributed by atoms with Crippen molar-refractivity contribution in [2.45, 2.75) is 66.1 Å². The summed E-state index contributed by atoms with van der Waals surface area (Å²) in [6.07, 6.45) is 6.56. The van der Waals surface area contributed by atoms with Crippen LogP contribution in [0, 0.1) is 0 Å². The van der Waals surface area contributed by atoms with Gasteiger partial charge in [0.25, 0.3) is 10.1 Å². The second kappa shape index (κ2) is 17.3. The minimum Gasteiger partial charge on any atom is -0.270 e. The highest BCUT2D eigenvalue weighted by Crippen LogP contribution is 2.51. The first-order chi connectivity index (χ1) is 18.5. The Balaban J connectivity index is 1.76. The SMILES string of the molecule is CCCCCCCCOS(=O)(=O)CC(SCc1ccccc1)(SCc1ccccc1)SCc1ccccc1. The van der Waals surface area contributed by atoms with E-state index < -0.39 is 13.5 Å². The Kier molecular flexibility index (Phi) is 14.2. The van der Waals surface area contributed by atoms with Crippen LogP contribution in [0.3, 0.4) is 0 Å². The van der Waals surface area contributed by atoms with E-state index >= 15 is 0 Å². The van der Waals surface area contributed by atoms with Gasteiger partial charge in [0.1, 0.15) is 9.16 Å². The first-order valence-corrected chi connectivity index (χ1v) is 17.9. The number of unbranched alkanes of at least 4 members (excludes halogenated alkanes) is 5. The van der Waals surface area contributed by atoms with Gasteiger partial charge in [-0.25, -0.2) is 0 Å². The molecule has 3 aromatic carbocycles. The van der Waals surface area contributed by atoms with E-state index in [9.17, 15) is 8.42 Å². The quantitative estimate of drug-likeness (QED) is 0.0790. The average molecular weight is 589 g/mol. The van der Waals surface area contributed by atoms with Crippen LogP contribution in [-0.4, -0.2) is 24.2 Å². The molecule has 0 spiro atoms. The zero-order valence-electron chi connectivity index (χ0n) is 22.3. The molecular formula is C31H40O3S4. The summed E-state index contributed by atoms with van der Waals surface area (Å²) in [6, 6.07) is 30.8. The molecule has 0 aliphatic heterocycles. The molecule has 0 saturated carbocycles. The average Bonchev–Trinajstić information content (AvgIpc) is 2.95. The molecule has 0 N–H and O–H groups in total. The number of hydrogen-bond acceptors (Lipinski definition) is 6. The van der Waals surface area contributed by atoms with Crippen LogP contribution in [0.4, 0.5) is 0 Å². The normalized spacial score (nSPS) is 12.0. The second-order valence-electron chi connectivity index (χ2n) is 9.30. The smallest absolute Gasteiger partial charge is 0.270 e. The van der Waals surface area contributed by atoms with Gasteiger partial charge in [0.15, 0.2) is 0 Å². The van der Waals surface area contributed by atoms with E-state index in [0.717, 1.165) is 36.5 Å². The molecule has 0 aromatic heterocycles. The van der Waals surface area contributed by atoms with Crippen LogP contribution in [0.2, 0.25) is 0 Å². The largest absolute Gasteiger partial charge is 0.270 e.